The van der Waals surface area contributed by atoms with E-state index in [4.69, 9.17) is 0 Å². The standard InChI is InChI=1S/C19H24N4O2/c1-13-10-14(2)21-11-16(13)12-22-19(25)23-17-7-5-4-6-15(17)8-9-18(24)20-3/h4-7,10-11H,8-9,12H2,1-3H3,(H,20,24)(H2,22,23,25). The van der Waals surface area contributed by atoms with Crippen molar-refractivity contribution in [2.45, 2.75) is 33.2 Å². The van der Waals surface area contributed by atoms with E-state index in [0.717, 1.165) is 22.4 Å². The highest BCUT2D eigenvalue weighted by atomic mass is 16.2. The molecule has 2 rings (SSSR count). The van der Waals surface area contributed by atoms with E-state index in [2.05, 4.69) is 20.9 Å². The van der Waals surface area contributed by atoms with Gasteiger partial charge in [0.1, 0.15) is 0 Å². The van der Waals surface area contributed by atoms with Gasteiger partial charge in [-0.15, -0.1) is 0 Å². The highest BCUT2D eigenvalue weighted by Gasteiger charge is 2.08. The first kappa shape index (κ1) is 18.4. The Morgan fingerprint density at radius 3 is 2.60 bits per heavy atom. The number of rotatable bonds is 6. The third-order valence-electron chi connectivity index (χ3n) is 3.96. The summed E-state index contributed by atoms with van der Waals surface area (Å²) in [5.41, 5.74) is 4.67. The molecule has 0 atom stereocenters. The molecule has 1 aromatic carbocycles. The van der Waals surface area contributed by atoms with Crippen molar-refractivity contribution in [2.75, 3.05) is 12.4 Å². The molecule has 0 radical (unpaired) electrons. The third kappa shape index (κ3) is 5.60. The number of amides is 3. The number of nitrogens with zero attached hydrogens (tertiary/aromatic N) is 1. The van der Waals surface area contributed by atoms with Gasteiger partial charge in [-0.05, 0) is 49.1 Å². The Labute approximate surface area is 148 Å². The number of carbonyl (C=O) groups is 2. The lowest BCUT2D eigenvalue weighted by molar-refractivity contribution is -0.120. The molecule has 2 aromatic rings. The molecular formula is C19H24N4O2. The summed E-state index contributed by atoms with van der Waals surface area (Å²) in [7, 11) is 1.61. The van der Waals surface area contributed by atoms with Gasteiger partial charge in [0.25, 0.3) is 0 Å². The van der Waals surface area contributed by atoms with Crippen molar-refractivity contribution in [1.82, 2.24) is 15.6 Å². The van der Waals surface area contributed by atoms with Crippen molar-refractivity contribution >= 4 is 17.6 Å². The van der Waals surface area contributed by atoms with Crippen molar-refractivity contribution in [3.8, 4) is 0 Å². The number of benzene rings is 1. The van der Waals surface area contributed by atoms with E-state index in [-0.39, 0.29) is 11.9 Å². The average molecular weight is 340 g/mol. The molecule has 0 unspecified atom stereocenters. The molecular weight excluding hydrogens is 316 g/mol. The number of pyridine rings is 1. The maximum absolute atomic E-state index is 12.2. The molecule has 3 N–H and O–H groups in total. The van der Waals surface area contributed by atoms with E-state index in [1.165, 1.54) is 0 Å². The lowest BCUT2D eigenvalue weighted by Crippen LogP contribution is -2.29. The quantitative estimate of drug-likeness (QED) is 0.756. The number of aromatic nitrogens is 1. The van der Waals surface area contributed by atoms with Crippen LogP contribution in [0.5, 0.6) is 0 Å². The van der Waals surface area contributed by atoms with Crippen LogP contribution in [0.1, 0.15) is 28.8 Å². The highest BCUT2D eigenvalue weighted by molar-refractivity contribution is 5.90. The van der Waals surface area contributed by atoms with Crippen molar-refractivity contribution in [3.63, 3.8) is 0 Å². The van der Waals surface area contributed by atoms with Gasteiger partial charge in [-0.25, -0.2) is 4.79 Å². The molecule has 1 heterocycles. The monoisotopic (exact) mass is 340 g/mol. The predicted octanol–water partition coefficient (Wildman–Crippen LogP) is 2.70. The zero-order chi connectivity index (χ0) is 18.2. The van der Waals surface area contributed by atoms with Crippen LogP contribution >= 0.6 is 0 Å². The molecule has 0 bridgehead atoms. The second kappa shape index (κ2) is 8.82. The number of carbonyl (C=O) groups excluding carboxylic acids is 2. The van der Waals surface area contributed by atoms with Gasteiger partial charge in [0.15, 0.2) is 0 Å². The second-order valence-corrected chi connectivity index (χ2v) is 5.89. The number of para-hydroxylation sites is 1. The molecule has 0 fully saturated rings. The van der Waals surface area contributed by atoms with Gasteiger partial charge in [-0.3, -0.25) is 9.78 Å². The van der Waals surface area contributed by atoms with Crippen LogP contribution in [0.2, 0.25) is 0 Å². The minimum absolute atomic E-state index is 0.0263. The maximum atomic E-state index is 12.2. The van der Waals surface area contributed by atoms with Gasteiger partial charge >= 0.3 is 6.03 Å². The van der Waals surface area contributed by atoms with Crippen LogP contribution in [0.4, 0.5) is 10.5 Å². The molecule has 25 heavy (non-hydrogen) atoms. The third-order valence-corrected chi connectivity index (χ3v) is 3.96. The fourth-order valence-electron chi connectivity index (χ4n) is 2.49. The molecule has 0 aliphatic rings. The molecule has 0 saturated heterocycles. The smallest absolute Gasteiger partial charge is 0.319 e. The number of hydrogen-bond donors (Lipinski definition) is 3. The number of nitrogens with one attached hydrogen (secondary N) is 3. The molecule has 3 amide bonds. The summed E-state index contributed by atoms with van der Waals surface area (Å²) in [4.78, 5) is 27.9. The molecule has 0 saturated carbocycles. The maximum Gasteiger partial charge on any atom is 0.319 e. The first-order chi connectivity index (χ1) is 12.0. The van der Waals surface area contributed by atoms with E-state index in [1.54, 1.807) is 13.2 Å². The summed E-state index contributed by atoms with van der Waals surface area (Å²) in [5.74, 6) is -0.0263. The fraction of sp³-hybridized carbons (Fsp3) is 0.316. The summed E-state index contributed by atoms with van der Waals surface area (Å²) in [6.07, 6.45) is 2.73. The molecule has 0 aliphatic heterocycles. The Bertz CT molecular complexity index is 759. The van der Waals surface area contributed by atoms with Gasteiger partial charge in [-0.2, -0.15) is 0 Å². The van der Waals surface area contributed by atoms with E-state index >= 15 is 0 Å². The highest BCUT2D eigenvalue weighted by Crippen LogP contribution is 2.17. The molecule has 132 valence electrons. The van der Waals surface area contributed by atoms with Crippen LogP contribution in [-0.4, -0.2) is 24.0 Å². The Hall–Kier alpha value is -2.89. The molecule has 6 heteroatoms. The van der Waals surface area contributed by atoms with Crippen LogP contribution < -0.4 is 16.0 Å². The van der Waals surface area contributed by atoms with Crippen molar-refractivity contribution in [1.29, 1.82) is 0 Å². The van der Waals surface area contributed by atoms with Crippen LogP contribution in [0.3, 0.4) is 0 Å². The SMILES string of the molecule is CNC(=O)CCc1ccccc1NC(=O)NCc1cnc(C)cc1C. The van der Waals surface area contributed by atoms with Gasteiger partial charge < -0.3 is 16.0 Å². The summed E-state index contributed by atoms with van der Waals surface area (Å²) in [5, 5.41) is 8.29. The van der Waals surface area contributed by atoms with Gasteiger partial charge in [0.2, 0.25) is 5.91 Å². The first-order valence-electron chi connectivity index (χ1n) is 8.25. The van der Waals surface area contributed by atoms with Crippen molar-refractivity contribution in [2.24, 2.45) is 0 Å². The van der Waals surface area contributed by atoms with Gasteiger partial charge in [0.05, 0.1) is 0 Å². The second-order valence-electron chi connectivity index (χ2n) is 5.89. The number of urea groups is 1. The predicted molar refractivity (Wildman–Crippen MR) is 98.4 cm³/mol. The number of anilines is 1. The number of hydrogen-bond acceptors (Lipinski definition) is 3. The van der Waals surface area contributed by atoms with Crippen LogP contribution in [-0.2, 0) is 17.8 Å². The molecule has 0 spiro atoms. The topological polar surface area (TPSA) is 83.1 Å². The summed E-state index contributed by atoms with van der Waals surface area (Å²) in [6.45, 7) is 4.34. The summed E-state index contributed by atoms with van der Waals surface area (Å²) in [6, 6.07) is 9.19. The van der Waals surface area contributed by atoms with Crippen LogP contribution in [0.25, 0.3) is 0 Å². The van der Waals surface area contributed by atoms with Crippen LogP contribution in [0, 0.1) is 13.8 Å². The van der Waals surface area contributed by atoms with Crippen molar-refractivity contribution < 1.29 is 9.59 Å². The lowest BCUT2D eigenvalue weighted by atomic mass is 10.1. The van der Waals surface area contributed by atoms with Gasteiger partial charge in [-0.1, -0.05) is 18.2 Å². The molecule has 1 aromatic heterocycles. The summed E-state index contributed by atoms with van der Waals surface area (Å²) >= 11 is 0. The van der Waals surface area contributed by atoms with E-state index in [0.29, 0.717) is 25.1 Å². The van der Waals surface area contributed by atoms with E-state index in [9.17, 15) is 9.59 Å². The zero-order valence-electron chi connectivity index (χ0n) is 14.8. The largest absolute Gasteiger partial charge is 0.359 e. The first-order valence-corrected chi connectivity index (χ1v) is 8.25. The summed E-state index contributed by atoms with van der Waals surface area (Å²) < 4.78 is 0. The minimum atomic E-state index is -0.285. The Morgan fingerprint density at radius 1 is 1.12 bits per heavy atom. The average Bonchev–Trinajstić information content (AvgIpc) is 2.60. The zero-order valence-corrected chi connectivity index (χ0v) is 14.8. The number of aryl methyl sites for hydroxylation is 3. The van der Waals surface area contributed by atoms with Crippen molar-refractivity contribution in [3.05, 3.63) is 58.9 Å². The Morgan fingerprint density at radius 2 is 1.88 bits per heavy atom. The lowest BCUT2D eigenvalue weighted by Gasteiger charge is -2.12. The van der Waals surface area contributed by atoms with Gasteiger partial charge in [0, 0.05) is 37.6 Å². The molecule has 0 aliphatic carbocycles. The molecule has 6 nitrogen and oxygen atoms in total. The van der Waals surface area contributed by atoms with E-state index in [1.807, 2.05) is 44.2 Å². The normalized spacial score (nSPS) is 10.2. The minimum Gasteiger partial charge on any atom is -0.359 e. The fourth-order valence-corrected chi connectivity index (χ4v) is 2.49. The Balaban J connectivity index is 1.95. The van der Waals surface area contributed by atoms with E-state index < -0.39 is 0 Å². The van der Waals surface area contributed by atoms with Crippen LogP contribution in [0.15, 0.2) is 36.5 Å². The Kier molecular flexibility index (Phi) is 6.51.